The maximum absolute atomic E-state index is 5.72. The van der Waals surface area contributed by atoms with Gasteiger partial charge in [0.15, 0.2) is 11.5 Å². The fourth-order valence-corrected chi connectivity index (χ4v) is 2.30. The highest BCUT2D eigenvalue weighted by molar-refractivity contribution is 9.10. The summed E-state index contributed by atoms with van der Waals surface area (Å²) in [5, 5.41) is 3.11. The normalized spacial score (nSPS) is 10.4. The van der Waals surface area contributed by atoms with E-state index in [1.807, 2.05) is 19.2 Å². The lowest BCUT2D eigenvalue weighted by molar-refractivity contribution is 0.311. The van der Waals surface area contributed by atoms with E-state index in [0.29, 0.717) is 6.61 Å². The van der Waals surface area contributed by atoms with Crippen molar-refractivity contribution in [2.24, 2.45) is 0 Å². The number of hydrogen-bond acceptors (Lipinski definition) is 4. The third kappa shape index (κ3) is 4.41. The number of rotatable bonds is 7. The molecule has 0 radical (unpaired) electrons. The SMILES string of the molecule is CNCc1cc(Br)c(OCCSC)c(OC)c1. The molecule has 1 N–H and O–H groups in total. The second-order valence-electron chi connectivity index (χ2n) is 3.48. The van der Waals surface area contributed by atoms with E-state index in [2.05, 4.69) is 27.5 Å². The Morgan fingerprint density at radius 3 is 2.76 bits per heavy atom. The van der Waals surface area contributed by atoms with Crippen LogP contribution in [0.1, 0.15) is 5.56 Å². The number of thioether (sulfide) groups is 1. The van der Waals surface area contributed by atoms with Crippen LogP contribution in [-0.4, -0.2) is 32.8 Å². The van der Waals surface area contributed by atoms with Crippen molar-refractivity contribution in [2.45, 2.75) is 6.54 Å². The molecule has 0 atom stereocenters. The zero-order valence-electron chi connectivity index (χ0n) is 10.4. The molecule has 0 saturated heterocycles. The molecule has 0 aliphatic rings. The van der Waals surface area contributed by atoms with Gasteiger partial charge in [-0.25, -0.2) is 0 Å². The highest BCUT2D eigenvalue weighted by Crippen LogP contribution is 2.36. The average molecular weight is 320 g/mol. The molecule has 0 heterocycles. The van der Waals surface area contributed by atoms with E-state index in [1.54, 1.807) is 18.9 Å². The van der Waals surface area contributed by atoms with Crippen molar-refractivity contribution >= 4 is 27.7 Å². The van der Waals surface area contributed by atoms with Gasteiger partial charge in [0, 0.05) is 12.3 Å². The molecule has 1 rings (SSSR count). The minimum absolute atomic E-state index is 0.682. The number of methoxy groups -OCH3 is 1. The van der Waals surface area contributed by atoms with Gasteiger partial charge >= 0.3 is 0 Å². The standard InChI is InChI=1S/C12H18BrNO2S/c1-14-8-9-6-10(13)12(11(7-9)15-2)16-4-5-17-3/h6-7,14H,4-5,8H2,1-3H3. The van der Waals surface area contributed by atoms with Gasteiger partial charge in [-0.2, -0.15) is 11.8 Å². The molecule has 0 amide bonds. The van der Waals surface area contributed by atoms with Crippen LogP contribution in [0.4, 0.5) is 0 Å². The fraction of sp³-hybridized carbons (Fsp3) is 0.500. The summed E-state index contributed by atoms with van der Waals surface area (Å²) in [4.78, 5) is 0. The first-order valence-corrected chi connectivity index (χ1v) is 7.54. The van der Waals surface area contributed by atoms with Crippen LogP contribution in [0.2, 0.25) is 0 Å². The number of benzene rings is 1. The summed E-state index contributed by atoms with van der Waals surface area (Å²) in [6.45, 7) is 1.49. The van der Waals surface area contributed by atoms with E-state index >= 15 is 0 Å². The molecule has 0 spiro atoms. The van der Waals surface area contributed by atoms with E-state index in [9.17, 15) is 0 Å². The largest absolute Gasteiger partial charge is 0.493 e. The molecule has 3 nitrogen and oxygen atoms in total. The lowest BCUT2D eigenvalue weighted by Crippen LogP contribution is -2.07. The van der Waals surface area contributed by atoms with Gasteiger partial charge in [0.1, 0.15) is 0 Å². The van der Waals surface area contributed by atoms with Gasteiger partial charge in [0.25, 0.3) is 0 Å². The molecule has 17 heavy (non-hydrogen) atoms. The van der Waals surface area contributed by atoms with E-state index in [-0.39, 0.29) is 0 Å². The lowest BCUT2D eigenvalue weighted by atomic mass is 10.2. The third-order valence-corrected chi connectivity index (χ3v) is 3.37. The van der Waals surface area contributed by atoms with Crippen molar-refractivity contribution in [3.8, 4) is 11.5 Å². The zero-order valence-corrected chi connectivity index (χ0v) is 12.8. The second-order valence-corrected chi connectivity index (χ2v) is 5.32. The molecule has 96 valence electrons. The summed E-state index contributed by atoms with van der Waals surface area (Å²) < 4.78 is 12.0. The van der Waals surface area contributed by atoms with Crippen LogP contribution in [0.3, 0.4) is 0 Å². The predicted molar refractivity (Wildman–Crippen MR) is 77.3 cm³/mol. The second kappa shape index (κ2) is 7.84. The summed E-state index contributed by atoms with van der Waals surface area (Å²) in [7, 11) is 3.58. The number of ether oxygens (including phenoxy) is 2. The fourth-order valence-electron chi connectivity index (χ4n) is 1.45. The van der Waals surface area contributed by atoms with Gasteiger partial charge in [0.05, 0.1) is 18.2 Å². The van der Waals surface area contributed by atoms with E-state index in [0.717, 1.165) is 33.8 Å². The van der Waals surface area contributed by atoms with Gasteiger partial charge in [0.2, 0.25) is 0 Å². The molecule has 0 aromatic heterocycles. The summed E-state index contributed by atoms with van der Waals surface area (Å²) >= 11 is 5.28. The molecule has 1 aromatic carbocycles. The Labute approximate surface area is 115 Å². The quantitative estimate of drug-likeness (QED) is 0.783. The Morgan fingerprint density at radius 2 is 2.18 bits per heavy atom. The van der Waals surface area contributed by atoms with Gasteiger partial charge in [-0.3, -0.25) is 0 Å². The van der Waals surface area contributed by atoms with E-state index < -0.39 is 0 Å². The molecule has 0 saturated carbocycles. The van der Waals surface area contributed by atoms with Gasteiger partial charge in [-0.05, 0) is 46.9 Å². The van der Waals surface area contributed by atoms with Crippen molar-refractivity contribution in [2.75, 3.05) is 32.8 Å². The van der Waals surface area contributed by atoms with Crippen LogP contribution < -0.4 is 14.8 Å². The summed E-state index contributed by atoms with van der Waals surface area (Å²) in [5.74, 6) is 2.51. The third-order valence-electron chi connectivity index (χ3n) is 2.20. The summed E-state index contributed by atoms with van der Waals surface area (Å²) in [6.07, 6.45) is 2.06. The Morgan fingerprint density at radius 1 is 1.41 bits per heavy atom. The van der Waals surface area contributed by atoms with E-state index in [1.165, 1.54) is 0 Å². The molecule has 0 aliphatic heterocycles. The van der Waals surface area contributed by atoms with Crippen LogP contribution in [0.15, 0.2) is 16.6 Å². The minimum atomic E-state index is 0.682. The van der Waals surface area contributed by atoms with Crippen molar-refractivity contribution in [3.05, 3.63) is 22.2 Å². The molecular formula is C12H18BrNO2S. The molecule has 0 bridgehead atoms. The molecule has 0 unspecified atom stereocenters. The number of hydrogen-bond donors (Lipinski definition) is 1. The molecule has 5 heteroatoms. The Balaban J connectivity index is 2.87. The van der Waals surface area contributed by atoms with Crippen LogP contribution in [0, 0.1) is 0 Å². The minimum Gasteiger partial charge on any atom is -0.493 e. The monoisotopic (exact) mass is 319 g/mol. The first-order chi connectivity index (χ1) is 8.22. The maximum atomic E-state index is 5.72. The zero-order chi connectivity index (χ0) is 12.7. The van der Waals surface area contributed by atoms with Crippen LogP contribution in [0.25, 0.3) is 0 Å². The van der Waals surface area contributed by atoms with Gasteiger partial charge in [-0.15, -0.1) is 0 Å². The molecular weight excluding hydrogens is 302 g/mol. The molecule has 0 fully saturated rings. The predicted octanol–water partition coefficient (Wildman–Crippen LogP) is 2.92. The maximum Gasteiger partial charge on any atom is 0.175 e. The van der Waals surface area contributed by atoms with Crippen molar-refractivity contribution in [3.63, 3.8) is 0 Å². The number of halogens is 1. The Kier molecular flexibility index (Phi) is 6.77. The van der Waals surface area contributed by atoms with Crippen molar-refractivity contribution in [1.82, 2.24) is 5.32 Å². The lowest BCUT2D eigenvalue weighted by Gasteiger charge is -2.14. The Bertz CT molecular complexity index is 361. The highest BCUT2D eigenvalue weighted by atomic mass is 79.9. The first-order valence-electron chi connectivity index (χ1n) is 5.35. The van der Waals surface area contributed by atoms with E-state index in [4.69, 9.17) is 9.47 Å². The van der Waals surface area contributed by atoms with Gasteiger partial charge in [-0.1, -0.05) is 0 Å². The van der Waals surface area contributed by atoms with Crippen LogP contribution in [0.5, 0.6) is 11.5 Å². The topological polar surface area (TPSA) is 30.5 Å². The highest BCUT2D eigenvalue weighted by Gasteiger charge is 2.11. The van der Waals surface area contributed by atoms with Crippen LogP contribution >= 0.6 is 27.7 Å². The summed E-state index contributed by atoms with van der Waals surface area (Å²) in [6, 6.07) is 4.04. The average Bonchev–Trinajstić information content (AvgIpc) is 2.32. The smallest absolute Gasteiger partial charge is 0.175 e. The van der Waals surface area contributed by atoms with Gasteiger partial charge < -0.3 is 14.8 Å². The first kappa shape index (κ1) is 14.7. The Hall–Kier alpha value is -0.390. The van der Waals surface area contributed by atoms with Crippen molar-refractivity contribution < 1.29 is 9.47 Å². The van der Waals surface area contributed by atoms with Crippen molar-refractivity contribution in [1.29, 1.82) is 0 Å². The summed E-state index contributed by atoms with van der Waals surface area (Å²) in [5.41, 5.74) is 1.16. The number of nitrogens with one attached hydrogen (secondary N) is 1. The van der Waals surface area contributed by atoms with Crippen LogP contribution in [-0.2, 0) is 6.54 Å². The molecule has 1 aromatic rings. The molecule has 0 aliphatic carbocycles.